The second-order valence-electron chi connectivity index (χ2n) is 4.98. The van der Waals surface area contributed by atoms with E-state index in [2.05, 4.69) is 22.8 Å². The van der Waals surface area contributed by atoms with E-state index in [1.807, 2.05) is 24.3 Å². The molecule has 1 aromatic heterocycles. The Labute approximate surface area is 138 Å². The molecule has 0 saturated carbocycles. The normalized spacial score (nSPS) is 17.4. The molecule has 1 amide bonds. The minimum atomic E-state index is -0.0500. The Bertz CT molecular complexity index is 634. The van der Waals surface area contributed by atoms with E-state index in [-0.39, 0.29) is 11.9 Å². The number of ether oxygens (including phenoxy) is 1. The van der Waals surface area contributed by atoms with Crippen molar-refractivity contribution in [3.05, 3.63) is 41.3 Å². The quantitative estimate of drug-likeness (QED) is 0.883. The number of carbonyl (C=O) groups excluding carboxylic acids is 1. The lowest BCUT2D eigenvalue weighted by Gasteiger charge is -2.09. The van der Waals surface area contributed by atoms with E-state index < -0.39 is 0 Å². The minimum absolute atomic E-state index is 0.0500. The lowest BCUT2D eigenvalue weighted by Crippen LogP contribution is -2.41. The molecule has 2 aromatic rings. The summed E-state index contributed by atoms with van der Waals surface area (Å²) in [5.41, 5.74) is 1.16. The van der Waals surface area contributed by atoms with Gasteiger partial charge in [0.05, 0.1) is 19.7 Å². The molecule has 1 aromatic carbocycles. The predicted octanol–water partition coefficient (Wildman–Crippen LogP) is 2.70. The van der Waals surface area contributed by atoms with E-state index in [4.69, 9.17) is 4.74 Å². The third-order valence-electron chi connectivity index (χ3n) is 3.51. The number of thioether (sulfide) groups is 1. The van der Waals surface area contributed by atoms with E-state index in [0.717, 1.165) is 27.8 Å². The molecule has 22 heavy (non-hydrogen) atoms. The molecule has 0 spiro atoms. The highest BCUT2D eigenvalue weighted by Crippen LogP contribution is 2.29. The number of methoxy groups -OCH3 is 1. The first kappa shape index (κ1) is 15.4. The van der Waals surface area contributed by atoms with Gasteiger partial charge in [0.25, 0.3) is 0 Å². The first-order chi connectivity index (χ1) is 10.8. The highest BCUT2D eigenvalue weighted by Gasteiger charge is 2.22. The molecule has 3 rings (SSSR count). The van der Waals surface area contributed by atoms with Gasteiger partial charge in [-0.2, -0.15) is 0 Å². The van der Waals surface area contributed by atoms with Crippen LogP contribution < -0.4 is 15.4 Å². The third kappa shape index (κ3) is 3.63. The average Bonchev–Trinajstić information content (AvgIpc) is 3.24. The van der Waals surface area contributed by atoms with Crippen LogP contribution in [0.4, 0.5) is 0 Å². The van der Waals surface area contributed by atoms with E-state index in [9.17, 15) is 4.79 Å². The van der Waals surface area contributed by atoms with Crippen LogP contribution in [0.25, 0.3) is 10.4 Å². The summed E-state index contributed by atoms with van der Waals surface area (Å²) >= 11 is 3.46. The van der Waals surface area contributed by atoms with Crippen molar-refractivity contribution >= 4 is 29.0 Å². The molecule has 0 radical (unpaired) electrons. The number of hydrogen-bond acceptors (Lipinski definition) is 5. The van der Waals surface area contributed by atoms with Crippen molar-refractivity contribution in [3.63, 3.8) is 0 Å². The minimum Gasteiger partial charge on any atom is -0.497 e. The average molecular weight is 334 g/mol. The van der Waals surface area contributed by atoms with E-state index in [0.29, 0.717) is 6.54 Å². The Hall–Kier alpha value is -1.50. The fourth-order valence-electron chi connectivity index (χ4n) is 2.24. The molecular formula is C16H18N2O2S2. The molecule has 1 saturated heterocycles. The molecule has 1 atom stereocenters. The van der Waals surface area contributed by atoms with Crippen LogP contribution in [0, 0.1) is 0 Å². The van der Waals surface area contributed by atoms with Gasteiger partial charge in [-0.25, -0.2) is 0 Å². The van der Waals surface area contributed by atoms with Gasteiger partial charge in [-0.05, 0) is 42.0 Å². The summed E-state index contributed by atoms with van der Waals surface area (Å²) in [4.78, 5) is 14.3. The Morgan fingerprint density at radius 3 is 2.82 bits per heavy atom. The summed E-state index contributed by atoms with van der Waals surface area (Å²) in [7, 11) is 1.67. The highest BCUT2D eigenvalue weighted by atomic mass is 32.2. The third-order valence-corrected chi connectivity index (χ3v) is 5.58. The van der Waals surface area contributed by atoms with Crippen LogP contribution in [0.5, 0.6) is 5.75 Å². The standard InChI is InChI=1S/C16H18N2O2S2/c1-20-12-4-2-11(3-5-12)15-7-6-13(22-15)8-17-16(19)14-9-21-10-18-14/h2-7,14,18H,8-10H2,1H3,(H,17,19)/t14-/m0/s1. The molecule has 0 bridgehead atoms. The number of carbonyl (C=O) groups is 1. The van der Waals surface area contributed by atoms with Crippen molar-refractivity contribution in [2.24, 2.45) is 0 Å². The molecular weight excluding hydrogens is 316 g/mol. The largest absolute Gasteiger partial charge is 0.497 e. The molecule has 4 nitrogen and oxygen atoms in total. The zero-order valence-corrected chi connectivity index (χ0v) is 13.9. The number of rotatable bonds is 5. The van der Waals surface area contributed by atoms with Gasteiger partial charge in [0, 0.05) is 21.4 Å². The van der Waals surface area contributed by atoms with Crippen LogP contribution in [0.15, 0.2) is 36.4 Å². The van der Waals surface area contributed by atoms with Crippen LogP contribution in [-0.4, -0.2) is 30.7 Å². The number of thiophene rings is 1. The Morgan fingerprint density at radius 1 is 1.32 bits per heavy atom. The highest BCUT2D eigenvalue weighted by molar-refractivity contribution is 7.99. The van der Waals surface area contributed by atoms with Gasteiger partial charge in [0.2, 0.25) is 5.91 Å². The molecule has 1 aliphatic heterocycles. The maximum atomic E-state index is 12.0. The summed E-state index contributed by atoms with van der Waals surface area (Å²) in [6.45, 7) is 0.586. The monoisotopic (exact) mass is 334 g/mol. The van der Waals surface area contributed by atoms with Crippen molar-refractivity contribution < 1.29 is 9.53 Å². The predicted molar refractivity (Wildman–Crippen MR) is 92.4 cm³/mol. The van der Waals surface area contributed by atoms with E-state index in [1.54, 1.807) is 30.2 Å². The number of hydrogen-bond donors (Lipinski definition) is 2. The molecule has 6 heteroatoms. The second-order valence-corrected chi connectivity index (χ2v) is 7.18. The molecule has 1 aliphatic rings. The van der Waals surface area contributed by atoms with Crippen LogP contribution in [0.2, 0.25) is 0 Å². The first-order valence-corrected chi connectivity index (χ1v) is 9.05. The fraction of sp³-hybridized carbons (Fsp3) is 0.312. The maximum Gasteiger partial charge on any atom is 0.238 e. The zero-order valence-electron chi connectivity index (χ0n) is 12.3. The van der Waals surface area contributed by atoms with Gasteiger partial charge in [-0.1, -0.05) is 0 Å². The van der Waals surface area contributed by atoms with Crippen LogP contribution in [0.1, 0.15) is 4.88 Å². The number of amides is 1. The SMILES string of the molecule is COc1ccc(-c2ccc(CNC(=O)[C@@H]3CSCN3)s2)cc1. The van der Waals surface area contributed by atoms with Crippen molar-refractivity contribution in [1.82, 2.24) is 10.6 Å². The van der Waals surface area contributed by atoms with Crippen molar-refractivity contribution in [1.29, 1.82) is 0 Å². The van der Waals surface area contributed by atoms with Crippen molar-refractivity contribution in [2.45, 2.75) is 12.6 Å². The second kappa shape index (κ2) is 7.17. The van der Waals surface area contributed by atoms with Crippen LogP contribution >= 0.6 is 23.1 Å². The van der Waals surface area contributed by atoms with Crippen LogP contribution in [0.3, 0.4) is 0 Å². The Kier molecular flexibility index (Phi) is 5.02. The molecule has 0 aliphatic carbocycles. The summed E-state index contributed by atoms with van der Waals surface area (Å²) in [6, 6.07) is 12.1. The van der Waals surface area contributed by atoms with Gasteiger partial charge in [-0.3, -0.25) is 10.1 Å². The summed E-state index contributed by atoms with van der Waals surface area (Å²) < 4.78 is 5.17. The van der Waals surface area contributed by atoms with Gasteiger partial charge in [0.1, 0.15) is 5.75 Å². The van der Waals surface area contributed by atoms with Crippen molar-refractivity contribution in [3.8, 4) is 16.2 Å². The zero-order chi connectivity index (χ0) is 15.4. The van der Waals surface area contributed by atoms with Crippen LogP contribution in [-0.2, 0) is 11.3 Å². The van der Waals surface area contributed by atoms with E-state index in [1.165, 1.54) is 4.88 Å². The topological polar surface area (TPSA) is 50.4 Å². The Morgan fingerprint density at radius 2 is 2.14 bits per heavy atom. The lowest BCUT2D eigenvalue weighted by atomic mass is 10.2. The first-order valence-electron chi connectivity index (χ1n) is 7.08. The summed E-state index contributed by atoms with van der Waals surface area (Å²) in [6.07, 6.45) is 0. The maximum absolute atomic E-state index is 12.0. The van der Waals surface area contributed by atoms with Gasteiger partial charge in [0.15, 0.2) is 0 Å². The molecule has 2 N–H and O–H groups in total. The fourth-order valence-corrected chi connectivity index (χ4v) is 4.14. The Balaban J connectivity index is 1.59. The molecule has 1 fully saturated rings. The molecule has 2 heterocycles. The van der Waals surface area contributed by atoms with Gasteiger partial charge in [-0.15, -0.1) is 23.1 Å². The number of nitrogens with one attached hydrogen (secondary N) is 2. The van der Waals surface area contributed by atoms with Crippen molar-refractivity contribution in [2.75, 3.05) is 18.7 Å². The molecule has 116 valence electrons. The summed E-state index contributed by atoms with van der Waals surface area (Å²) in [5.74, 6) is 2.66. The van der Waals surface area contributed by atoms with E-state index >= 15 is 0 Å². The number of benzene rings is 1. The smallest absolute Gasteiger partial charge is 0.238 e. The lowest BCUT2D eigenvalue weighted by molar-refractivity contribution is -0.122. The van der Waals surface area contributed by atoms with Gasteiger partial charge >= 0.3 is 0 Å². The summed E-state index contributed by atoms with van der Waals surface area (Å²) in [5, 5.41) is 6.18. The van der Waals surface area contributed by atoms with Gasteiger partial charge < -0.3 is 10.1 Å². The molecule has 0 unspecified atom stereocenters.